The normalized spacial score (nSPS) is 17.0. The summed E-state index contributed by atoms with van der Waals surface area (Å²) in [5.41, 5.74) is 0.545. The minimum Gasteiger partial charge on any atom is -0.326 e. The van der Waals surface area contributed by atoms with E-state index in [-0.39, 0.29) is 29.9 Å². The number of amides is 2. The Morgan fingerprint density at radius 1 is 1.38 bits per heavy atom. The SMILES string of the molecule is CC(=O)Nc1cc(NC(=O)CC2CCNC2)ccc1F.Cl. The molecule has 1 aromatic rings. The molecule has 0 bridgehead atoms. The number of rotatable bonds is 4. The van der Waals surface area contributed by atoms with Crippen LogP contribution in [0, 0.1) is 11.7 Å². The molecule has 1 atom stereocenters. The van der Waals surface area contributed by atoms with Crippen molar-refractivity contribution in [3.63, 3.8) is 0 Å². The van der Waals surface area contributed by atoms with E-state index in [1.807, 2.05) is 0 Å². The highest BCUT2D eigenvalue weighted by molar-refractivity contribution is 5.93. The van der Waals surface area contributed by atoms with Crippen LogP contribution in [0.4, 0.5) is 15.8 Å². The molecule has 0 aliphatic carbocycles. The molecule has 1 heterocycles. The lowest BCUT2D eigenvalue weighted by Gasteiger charge is -2.11. The molecule has 21 heavy (non-hydrogen) atoms. The average Bonchev–Trinajstić information content (AvgIpc) is 2.85. The molecule has 1 aliphatic rings. The topological polar surface area (TPSA) is 70.2 Å². The molecule has 1 saturated heterocycles. The molecule has 2 amide bonds. The molecule has 0 spiro atoms. The molecule has 7 heteroatoms. The second kappa shape index (κ2) is 7.95. The fourth-order valence-corrected chi connectivity index (χ4v) is 2.25. The first-order valence-corrected chi connectivity index (χ1v) is 6.62. The van der Waals surface area contributed by atoms with Gasteiger partial charge in [0.05, 0.1) is 5.69 Å². The van der Waals surface area contributed by atoms with Gasteiger partial charge in [0.1, 0.15) is 5.82 Å². The van der Waals surface area contributed by atoms with Gasteiger partial charge >= 0.3 is 0 Å². The van der Waals surface area contributed by atoms with Crippen molar-refractivity contribution in [1.82, 2.24) is 5.32 Å². The van der Waals surface area contributed by atoms with Crippen LogP contribution in [0.2, 0.25) is 0 Å². The van der Waals surface area contributed by atoms with E-state index in [9.17, 15) is 14.0 Å². The predicted octanol–water partition coefficient (Wildman–Crippen LogP) is 2.14. The van der Waals surface area contributed by atoms with Gasteiger partial charge in [0.2, 0.25) is 11.8 Å². The van der Waals surface area contributed by atoms with Gasteiger partial charge in [-0.3, -0.25) is 9.59 Å². The van der Waals surface area contributed by atoms with Crippen molar-refractivity contribution in [3.8, 4) is 0 Å². The minimum absolute atomic E-state index is 0. The van der Waals surface area contributed by atoms with Crippen LogP contribution in [0.25, 0.3) is 0 Å². The van der Waals surface area contributed by atoms with Gasteiger partial charge in [-0.1, -0.05) is 0 Å². The summed E-state index contributed by atoms with van der Waals surface area (Å²) in [5.74, 6) is -0.632. The monoisotopic (exact) mass is 315 g/mol. The highest BCUT2D eigenvalue weighted by Gasteiger charge is 2.18. The standard InChI is InChI=1S/C14H18FN3O2.ClH/c1-9(19)17-13-7-11(2-3-12(13)15)18-14(20)6-10-4-5-16-8-10;/h2-3,7,10,16H,4-6,8H2,1H3,(H,17,19)(H,18,20);1H. The molecule has 3 N–H and O–H groups in total. The zero-order valence-electron chi connectivity index (χ0n) is 11.7. The summed E-state index contributed by atoms with van der Waals surface area (Å²) in [6.07, 6.45) is 1.44. The lowest BCUT2D eigenvalue weighted by molar-refractivity contribution is -0.117. The Labute approximate surface area is 129 Å². The van der Waals surface area contributed by atoms with Crippen molar-refractivity contribution in [2.75, 3.05) is 23.7 Å². The number of carbonyl (C=O) groups excluding carboxylic acids is 2. The summed E-state index contributed by atoms with van der Waals surface area (Å²) < 4.78 is 13.5. The van der Waals surface area contributed by atoms with E-state index in [1.54, 1.807) is 0 Å². The first-order chi connectivity index (χ1) is 9.54. The fraction of sp³-hybridized carbons (Fsp3) is 0.429. The third kappa shape index (κ3) is 5.32. The zero-order valence-corrected chi connectivity index (χ0v) is 12.6. The lowest BCUT2D eigenvalue weighted by atomic mass is 10.0. The summed E-state index contributed by atoms with van der Waals surface area (Å²) in [5, 5.41) is 8.31. The van der Waals surface area contributed by atoms with Crippen LogP contribution in [-0.4, -0.2) is 24.9 Å². The van der Waals surface area contributed by atoms with E-state index < -0.39 is 5.82 Å². The van der Waals surface area contributed by atoms with Crippen LogP contribution in [0.5, 0.6) is 0 Å². The van der Waals surface area contributed by atoms with Gasteiger partial charge in [0.15, 0.2) is 0 Å². The first-order valence-electron chi connectivity index (χ1n) is 6.62. The van der Waals surface area contributed by atoms with Gasteiger partial charge in [0.25, 0.3) is 0 Å². The Morgan fingerprint density at radius 3 is 2.76 bits per heavy atom. The van der Waals surface area contributed by atoms with Crippen LogP contribution in [0.1, 0.15) is 19.8 Å². The Hall–Kier alpha value is -1.66. The van der Waals surface area contributed by atoms with Gasteiger partial charge in [0, 0.05) is 19.0 Å². The molecular formula is C14H19ClFN3O2. The van der Waals surface area contributed by atoms with Crippen LogP contribution in [-0.2, 0) is 9.59 Å². The summed E-state index contributed by atoms with van der Waals surface area (Å²) >= 11 is 0. The number of benzene rings is 1. The van der Waals surface area contributed by atoms with Crippen LogP contribution >= 0.6 is 12.4 Å². The largest absolute Gasteiger partial charge is 0.326 e. The summed E-state index contributed by atoms with van der Waals surface area (Å²) in [6.45, 7) is 3.10. The average molecular weight is 316 g/mol. The highest BCUT2D eigenvalue weighted by atomic mass is 35.5. The van der Waals surface area contributed by atoms with Crippen molar-refractivity contribution >= 4 is 35.6 Å². The van der Waals surface area contributed by atoms with Crippen LogP contribution in [0.3, 0.4) is 0 Å². The molecular weight excluding hydrogens is 297 g/mol. The molecule has 0 saturated carbocycles. The number of nitrogens with one attached hydrogen (secondary N) is 3. The molecule has 1 fully saturated rings. The zero-order chi connectivity index (χ0) is 14.5. The lowest BCUT2D eigenvalue weighted by Crippen LogP contribution is -2.18. The molecule has 1 aliphatic heterocycles. The van der Waals surface area contributed by atoms with Gasteiger partial charge in [-0.05, 0) is 43.6 Å². The van der Waals surface area contributed by atoms with Crippen LogP contribution in [0.15, 0.2) is 18.2 Å². The molecule has 2 rings (SSSR count). The first kappa shape index (κ1) is 17.4. The van der Waals surface area contributed by atoms with Crippen molar-refractivity contribution in [1.29, 1.82) is 0 Å². The van der Waals surface area contributed by atoms with E-state index in [1.165, 1.54) is 25.1 Å². The molecule has 0 aromatic heterocycles. The molecule has 1 unspecified atom stereocenters. The maximum Gasteiger partial charge on any atom is 0.224 e. The van der Waals surface area contributed by atoms with Crippen molar-refractivity contribution in [2.24, 2.45) is 5.92 Å². The van der Waals surface area contributed by atoms with E-state index in [2.05, 4.69) is 16.0 Å². The predicted molar refractivity (Wildman–Crippen MR) is 82.2 cm³/mol. The Bertz CT molecular complexity index is 519. The number of halogens is 2. The third-order valence-corrected chi connectivity index (χ3v) is 3.20. The maximum absolute atomic E-state index is 13.5. The Morgan fingerprint density at radius 2 is 2.14 bits per heavy atom. The molecule has 5 nitrogen and oxygen atoms in total. The van der Waals surface area contributed by atoms with E-state index in [0.717, 1.165) is 19.5 Å². The van der Waals surface area contributed by atoms with E-state index in [0.29, 0.717) is 18.0 Å². The maximum atomic E-state index is 13.5. The third-order valence-electron chi connectivity index (χ3n) is 3.20. The van der Waals surface area contributed by atoms with Crippen molar-refractivity contribution in [2.45, 2.75) is 19.8 Å². The second-order valence-electron chi connectivity index (χ2n) is 4.99. The molecule has 116 valence electrons. The Balaban J connectivity index is 0.00000220. The van der Waals surface area contributed by atoms with Gasteiger partial charge in [-0.15, -0.1) is 12.4 Å². The molecule has 1 aromatic carbocycles. The van der Waals surface area contributed by atoms with Crippen molar-refractivity contribution < 1.29 is 14.0 Å². The summed E-state index contributed by atoms with van der Waals surface area (Å²) in [4.78, 5) is 22.8. The fourth-order valence-electron chi connectivity index (χ4n) is 2.25. The van der Waals surface area contributed by atoms with Gasteiger partial charge < -0.3 is 16.0 Å². The quantitative estimate of drug-likeness (QED) is 0.797. The molecule has 0 radical (unpaired) electrons. The number of anilines is 2. The Kier molecular flexibility index (Phi) is 6.58. The van der Waals surface area contributed by atoms with E-state index in [4.69, 9.17) is 0 Å². The van der Waals surface area contributed by atoms with Crippen LogP contribution < -0.4 is 16.0 Å². The van der Waals surface area contributed by atoms with Gasteiger partial charge in [-0.25, -0.2) is 4.39 Å². The minimum atomic E-state index is -0.529. The van der Waals surface area contributed by atoms with Gasteiger partial charge in [-0.2, -0.15) is 0 Å². The number of hydrogen-bond donors (Lipinski definition) is 3. The van der Waals surface area contributed by atoms with Crippen molar-refractivity contribution in [3.05, 3.63) is 24.0 Å². The number of hydrogen-bond acceptors (Lipinski definition) is 3. The number of carbonyl (C=O) groups is 2. The smallest absolute Gasteiger partial charge is 0.224 e. The second-order valence-corrected chi connectivity index (χ2v) is 4.99. The van der Waals surface area contributed by atoms with E-state index >= 15 is 0 Å². The summed E-state index contributed by atoms with van der Waals surface area (Å²) in [7, 11) is 0. The highest BCUT2D eigenvalue weighted by Crippen LogP contribution is 2.20. The summed E-state index contributed by atoms with van der Waals surface area (Å²) in [6, 6.07) is 4.12.